The van der Waals surface area contributed by atoms with Crippen LogP contribution in [0, 0.1) is 0 Å². The first-order valence-corrected chi connectivity index (χ1v) is 7.91. The Morgan fingerprint density at radius 1 is 1.33 bits per heavy atom. The van der Waals surface area contributed by atoms with Gasteiger partial charge in [-0.25, -0.2) is 4.39 Å². The third-order valence-electron chi connectivity index (χ3n) is 5.12. The van der Waals surface area contributed by atoms with Crippen molar-refractivity contribution in [2.75, 3.05) is 7.05 Å². The van der Waals surface area contributed by atoms with Gasteiger partial charge < -0.3 is 9.83 Å². The minimum Gasteiger partial charge on any atom is -0.437 e. The highest BCUT2D eigenvalue weighted by Gasteiger charge is 2.50. The van der Waals surface area contributed by atoms with E-state index in [4.69, 9.17) is 0 Å². The lowest BCUT2D eigenvalue weighted by Gasteiger charge is -2.45. The van der Waals surface area contributed by atoms with Gasteiger partial charge in [0.15, 0.2) is 0 Å². The van der Waals surface area contributed by atoms with Crippen molar-refractivity contribution >= 4 is 7.05 Å². The number of halogens is 1. The SMILES string of the molecule is CB(O)N1C2CCC1[C@@H](F)[C@@H](N(C)Cc1ccccc1)C2. The first-order valence-electron chi connectivity index (χ1n) is 7.91. The Morgan fingerprint density at radius 3 is 2.71 bits per heavy atom. The fourth-order valence-electron chi connectivity index (χ4n) is 4.15. The number of nitrogens with zero attached hydrogens (tertiary/aromatic N) is 2. The maximum Gasteiger partial charge on any atom is 0.376 e. The Balaban J connectivity index is 1.70. The molecule has 4 atom stereocenters. The lowest BCUT2D eigenvalue weighted by Crippen LogP contribution is -2.60. The van der Waals surface area contributed by atoms with Crippen molar-refractivity contribution in [2.45, 2.75) is 56.9 Å². The molecule has 2 heterocycles. The van der Waals surface area contributed by atoms with Gasteiger partial charge in [0.2, 0.25) is 0 Å². The molecule has 1 N–H and O–H groups in total. The molecule has 2 saturated heterocycles. The van der Waals surface area contributed by atoms with E-state index >= 15 is 0 Å². The second kappa shape index (κ2) is 6.07. The van der Waals surface area contributed by atoms with Gasteiger partial charge in [0.05, 0.1) is 0 Å². The number of benzene rings is 1. The van der Waals surface area contributed by atoms with Gasteiger partial charge in [0.1, 0.15) is 6.17 Å². The average molecular weight is 290 g/mol. The summed E-state index contributed by atoms with van der Waals surface area (Å²) in [7, 11) is 1.47. The summed E-state index contributed by atoms with van der Waals surface area (Å²) in [6.45, 7) is 2.53. The highest BCUT2D eigenvalue weighted by Crippen LogP contribution is 2.39. The quantitative estimate of drug-likeness (QED) is 0.861. The van der Waals surface area contributed by atoms with E-state index in [9.17, 15) is 9.41 Å². The fraction of sp³-hybridized carbons (Fsp3) is 0.625. The molecule has 2 unspecified atom stereocenters. The molecule has 2 aliphatic heterocycles. The molecule has 0 radical (unpaired) electrons. The van der Waals surface area contributed by atoms with Gasteiger partial charge in [-0.3, -0.25) is 4.90 Å². The summed E-state index contributed by atoms with van der Waals surface area (Å²) in [5.74, 6) is 0. The van der Waals surface area contributed by atoms with Crippen LogP contribution in [0.1, 0.15) is 24.8 Å². The van der Waals surface area contributed by atoms with Gasteiger partial charge in [0.25, 0.3) is 0 Å². The third kappa shape index (κ3) is 2.87. The van der Waals surface area contributed by atoms with Crippen LogP contribution < -0.4 is 0 Å². The topological polar surface area (TPSA) is 26.7 Å². The monoisotopic (exact) mass is 290 g/mol. The number of alkyl halides is 1. The lowest BCUT2D eigenvalue weighted by atomic mass is 9.78. The summed E-state index contributed by atoms with van der Waals surface area (Å²) < 4.78 is 14.9. The Morgan fingerprint density at radius 2 is 2.05 bits per heavy atom. The van der Waals surface area contributed by atoms with E-state index in [0.717, 1.165) is 25.8 Å². The molecule has 21 heavy (non-hydrogen) atoms. The zero-order valence-electron chi connectivity index (χ0n) is 12.8. The van der Waals surface area contributed by atoms with E-state index in [2.05, 4.69) is 17.0 Å². The zero-order chi connectivity index (χ0) is 15.0. The standard InChI is InChI=1S/C16H24BFN2O/c1-17(21)20-13-8-9-14(20)16(18)15(10-13)19(2)11-12-6-4-3-5-7-12/h3-7,13-16,21H,8-11H2,1-2H3/t13?,14?,15-,16+/m0/s1. The Bertz CT molecular complexity index is 473. The van der Waals surface area contributed by atoms with Crippen molar-refractivity contribution in [1.82, 2.24) is 9.71 Å². The van der Waals surface area contributed by atoms with E-state index in [1.165, 1.54) is 5.56 Å². The smallest absolute Gasteiger partial charge is 0.376 e. The molecule has 0 aromatic heterocycles. The van der Waals surface area contributed by atoms with E-state index in [0.29, 0.717) is 6.04 Å². The number of fused-ring (bicyclic) bond motifs is 2. The van der Waals surface area contributed by atoms with Crippen LogP contribution >= 0.6 is 0 Å². The molecule has 5 heteroatoms. The molecule has 0 saturated carbocycles. The van der Waals surface area contributed by atoms with Crippen LogP contribution in [0.15, 0.2) is 30.3 Å². The van der Waals surface area contributed by atoms with Crippen LogP contribution in [0.5, 0.6) is 0 Å². The van der Waals surface area contributed by atoms with Crippen molar-refractivity contribution in [1.29, 1.82) is 0 Å². The molecule has 3 rings (SSSR count). The molecule has 0 spiro atoms. The molecular weight excluding hydrogens is 266 g/mol. The van der Waals surface area contributed by atoms with Crippen molar-refractivity contribution in [3.05, 3.63) is 35.9 Å². The molecule has 2 aliphatic rings. The molecule has 3 nitrogen and oxygen atoms in total. The molecule has 1 aromatic rings. The minimum atomic E-state index is -0.882. The summed E-state index contributed by atoms with van der Waals surface area (Å²) in [4.78, 5) is 4.13. The summed E-state index contributed by atoms with van der Waals surface area (Å²) >= 11 is 0. The second-order valence-electron chi connectivity index (χ2n) is 6.53. The normalized spacial score (nSPS) is 32.6. The highest BCUT2D eigenvalue weighted by molar-refractivity contribution is 6.45. The van der Waals surface area contributed by atoms with E-state index in [1.54, 1.807) is 6.82 Å². The Kier molecular flexibility index (Phi) is 4.34. The van der Waals surface area contributed by atoms with Crippen molar-refractivity contribution < 1.29 is 9.41 Å². The maximum atomic E-state index is 14.9. The van der Waals surface area contributed by atoms with Gasteiger partial charge in [-0.1, -0.05) is 30.3 Å². The zero-order valence-corrected chi connectivity index (χ0v) is 12.8. The van der Waals surface area contributed by atoms with Gasteiger partial charge in [-0.15, -0.1) is 0 Å². The number of rotatable bonds is 4. The molecule has 0 amide bonds. The molecule has 2 fully saturated rings. The summed E-state index contributed by atoms with van der Waals surface area (Å²) in [5.41, 5.74) is 1.22. The Labute approximate surface area is 126 Å². The molecule has 114 valence electrons. The minimum absolute atomic E-state index is 0.0438. The van der Waals surface area contributed by atoms with Gasteiger partial charge >= 0.3 is 7.05 Å². The van der Waals surface area contributed by atoms with Crippen LogP contribution in [0.4, 0.5) is 4.39 Å². The van der Waals surface area contributed by atoms with Crippen LogP contribution in [0.3, 0.4) is 0 Å². The number of piperidine rings is 1. The van der Waals surface area contributed by atoms with Crippen LogP contribution in [0.2, 0.25) is 6.82 Å². The average Bonchev–Trinajstić information content (AvgIpc) is 2.81. The summed E-state index contributed by atoms with van der Waals surface area (Å²) in [6, 6.07) is 10.4. The number of hydrogen-bond donors (Lipinski definition) is 1. The van der Waals surface area contributed by atoms with Crippen molar-refractivity contribution in [3.8, 4) is 0 Å². The van der Waals surface area contributed by atoms with Gasteiger partial charge in [0, 0.05) is 24.7 Å². The van der Waals surface area contributed by atoms with Crippen LogP contribution in [0.25, 0.3) is 0 Å². The maximum absolute atomic E-state index is 14.9. The predicted octanol–water partition coefficient (Wildman–Crippen LogP) is 2.17. The van der Waals surface area contributed by atoms with Crippen LogP contribution in [-0.4, -0.2) is 53.1 Å². The molecular formula is C16H24BFN2O. The first kappa shape index (κ1) is 15.0. The predicted molar refractivity (Wildman–Crippen MR) is 83.7 cm³/mol. The van der Waals surface area contributed by atoms with Crippen molar-refractivity contribution in [3.63, 3.8) is 0 Å². The second-order valence-corrected chi connectivity index (χ2v) is 6.53. The molecule has 2 bridgehead atoms. The van der Waals surface area contributed by atoms with E-state index in [-0.39, 0.29) is 12.1 Å². The number of hydrogen-bond acceptors (Lipinski definition) is 3. The van der Waals surface area contributed by atoms with Gasteiger partial charge in [-0.2, -0.15) is 0 Å². The van der Waals surface area contributed by atoms with E-state index < -0.39 is 13.2 Å². The van der Waals surface area contributed by atoms with Crippen molar-refractivity contribution in [2.24, 2.45) is 0 Å². The van der Waals surface area contributed by atoms with E-state index in [1.807, 2.05) is 30.1 Å². The molecule has 1 aromatic carbocycles. The van der Waals surface area contributed by atoms with Gasteiger partial charge in [-0.05, 0) is 38.7 Å². The summed E-state index contributed by atoms with van der Waals surface area (Å²) in [5, 5.41) is 9.88. The van der Waals surface area contributed by atoms with Crippen LogP contribution in [-0.2, 0) is 6.54 Å². The lowest BCUT2D eigenvalue weighted by molar-refractivity contribution is 0.0254. The third-order valence-corrected chi connectivity index (χ3v) is 5.12. The fourth-order valence-corrected chi connectivity index (χ4v) is 4.15. The largest absolute Gasteiger partial charge is 0.437 e. The highest BCUT2D eigenvalue weighted by atomic mass is 19.1. The first-order chi connectivity index (χ1) is 10.1. The Hall–Kier alpha value is -0.905. The summed E-state index contributed by atoms with van der Waals surface area (Å²) in [6.07, 6.45) is 1.80. The molecule has 0 aliphatic carbocycles.